The molecule has 2 bridgehead atoms. The minimum Gasteiger partial charge on any atom is -0.317 e. The van der Waals surface area contributed by atoms with Crippen LogP contribution in [0.2, 0.25) is 0 Å². The molecule has 2 heterocycles. The average Bonchev–Trinajstić information content (AvgIpc) is 3.04. The lowest BCUT2D eigenvalue weighted by Crippen LogP contribution is -2.50. The summed E-state index contributed by atoms with van der Waals surface area (Å²) in [5, 5.41) is 3.50. The van der Waals surface area contributed by atoms with Crippen LogP contribution >= 0.6 is 0 Å². The quantitative estimate of drug-likeness (QED) is 0.807. The first-order valence-electron chi connectivity index (χ1n) is 7.57. The van der Waals surface area contributed by atoms with Gasteiger partial charge in [-0.05, 0) is 56.9 Å². The Morgan fingerprint density at radius 3 is 2.18 bits per heavy atom. The van der Waals surface area contributed by atoms with Gasteiger partial charge in [0.1, 0.15) is 0 Å². The molecule has 3 aliphatic rings. The predicted molar refractivity (Wildman–Crippen MR) is 72.1 cm³/mol. The Hall–Kier alpha value is -0.0800. The highest BCUT2D eigenvalue weighted by Gasteiger charge is 2.50. The fourth-order valence-corrected chi connectivity index (χ4v) is 4.21. The molecule has 2 aliphatic heterocycles. The van der Waals surface area contributed by atoms with Crippen molar-refractivity contribution in [2.75, 3.05) is 13.6 Å². The zero-order valence-electron chi connectivity index (χ0n) is 11.7. The maximum atomic E-state index is 3.50. The fraction of sp³-hybridized carbons (Fsp3) is 1.00. The highest BCUT2D eigenvalue weighted by Crippen LogP contribution is 2.54. The highest BCUT2D eigenvalue weighted by molar-refractivity contribution is 5.04. The van der Waals surface area contributed by atoms with Crippen LogP contribution in [-0.4, -0.2) is 36.6 Å². The number of hydrogen-bond donors (Lipinski definition) is 1. The molecule has 1 saturated carbocycles. The van der Waals surface area contributed by atoms with Crippen molar-refractivity contribution in [1.82, 2.24) is 10.2 Å². The Morgan fingerprint density at radius 2 is 1.76 bits per heavy atom. The molecule has 0 aromatic rings. The van der Waals surface area contributed by atoms with Crippen LogP contribution in [0.1, 0.15) is 52.4 Å². The molecule has 2 heteroatoms. The Labute approximate surface area is 106 Å². The van der Waals surface area contributed by atoms with Gasteiger partial charge in [0, 0.05) is 24.7 Å². The summed E-state index contributed by atoms with van der Waals surface area (Å²) in [7, 11) is 2.14. The van der Waals surface area contributed by atoms with E-state index >= 15 is 0 Å². The molecular weight excluding hydrogens is 208 g/mol. The second-order valence-corrected chi connectivity index (χ2v) is 7.03. The molecule has 1 aliphatic carbocycles. The summed E-state index contributed by atoms with van der Waals surface area (Å²) in [6.07, 6.45) is 8.66. The SMILES string of the molecule is CNC1CC2CCC(C1)N2CC1(C(C)C)CC1. The smallest absolute Gasteiger partial charge is 0.0114 e. The second-order valence-electron chi connectivity index (χ2n) is 7.03. The monoisotopic (exact) mass is 236 g/mol. The number of fused-ring (bicyclic) bond motifs is 2. The maximum absolute atomic E-state index is 3.50. The summed E-state index contributed by atoms with van der Waals surface area (Å²) in [6.45, 7) is 6.25. The molecule has 2 atom stereocenters. The Kier molecular flexibility index (Phi) is 2.99. The standard InChI is InChI=1S/C15H28N2/c1-11(2)15(6-7-15)10-17-13-4-5-14(17)9-12(8-13)16-3/h11-14,16H,4-10H2,1-3H3. The van der Waals surface area contributed by atoms with E-state index in [4.69, 9.17) is 0 Å². The van der Waals surface area contributed by atoms with E-state index in [1.807, 2.05) is 0 Å². The fourth-order valence-electron chi connectivity index (χ4n) is 4.21. The summed E-state index contributed by atoms with van der Waals surface area (Å²) < 4.78 is 0. The van der Waals surface area contributed by atoms with Gasteiger partial charge >= 0.3 is 0 Å². The van der Waals surface area contributed by atoms with Crippen molar-refractivity contribution in [3.05, 3.63) is 0 Å². The van der Waals surface area contributed by atoms with Crippen LogP contribution in [0.25, 0.3) is 0 Å². The lowest BCUT2D eigenvalue weighted by atomic mass is 9.89. The van der Waals surface area contributed by atoms with Gasteiger partial charge in [-0.3, -0.25) is 4.90 Å². The summed E-state index contributed by atoms with van der Waals surface area (Å²) in [5.74, 6) is 0.879. The molecule has 2 unspecified atom stereocenters. The van der Waals surface area contributed by atoms with Gasteiger partial charge in [-0.15, -0.1) is 0 Å². The van der Waals surface area contributed by atoms with Gasteiger partial charge < -0.3 is 5.32 Å². The molecule has 2 nitrogen and oxygen atoms in total. The largest absolute Gasteiger partial charge is 0.317 e. The molecule has 0 radical (unpaired) electrons. The molecule has 3 rings (SSSR count). The van der Waals surface area contributed by atoms with E-state index < -0.39 is 0 Å². The molecule has 3 fully saturated rings. The van der Waals surface area contributed by atoms with E-state index in [2.05, 4.69) is 31.1 Å². The Morgan fingerprint density at radius 1 is 1.18 bits per heavy atom. The zero-order chi connectivity index (χ0) is 12.0. The lowest BCUT2D eigenvalue weighted by Gasteiger charge is -2.41. The van der Waals surface area contributed by atoms with Crippen molar-refractivity contribution in [2.45, 2.75) is 70.5 Å². The van der Waals surface area contributed by atoms with Gasteiger partial charge in [-0.25, -0.2) is 0 Å². The van der Waals surface area contributed by atoms with Crippen LogP contribution in [0.5, 0.6) is 0 Å². The van der Waals surface area contributed by atoms with Gasteiger partial charge in [0.15, 0.2) is 0 Å². The van der Waals surface area contributed by atoms with Crippen LogP contribution in [0.4, 0.5) is 0 Å². The molecule has 0 amide bonds. The minimum atomic E-state index is 0.702. The predicted octanol–water partition coefficient (Wildman–Crippen LogP) is 2.64. The molecule has 1 N–H and O–H groups in total. The first-order chi connectivity index (χ1) is 8.14. The third kappa shape index (κ3) is 2.04. The molecule has 0 aromatic heterocycles. The molecule has 0 spiro atoms. The number of nitrogens with zero attached hydrogens (tertiary/aromatic N) is 1. The van der Waals surface area contributed by atoms with Crippen molar-refractivity contribution in [1.29, 1.82) is 0 Å². The van der Waals surface area contributed by atoms with Gasteiger partial charge in [-0.1, -0.05) is 13.8 Å². The van der Waals surface area contributed by atoms with E-state index in [9.17, 15) is 0 Å². The first kappa shape index (κ1) is 12.0. The number of rotatable bonds is 4. The summed E-state index contributed by atoms with van der Waals surface area (Å²) in [4.78, 5) is 2.89. The number of piperidine rings is 1. The van der Waals surface area contributed by atoms with Crippen LogP contribution in [0.3, 0.4) is 0 Å². The molecule has 98 valence electrons. The first-order valence-corrected chi connectivity index (χ1v) is 7.57. The van der Waals surface area contributed by atoms with E-state index in [1.165, 1.54) is 45.1 Å². The lowest BCUT2D eigenvalue weighted by molar-refractivity contribution is 0.0812. The van der Waals surface area contributed by atoms with E-state index in [0.29, 0.717) is 5.41 Å². The Balaban J connectivity index is 1.66. The summed E-state index contributed by atoms with van der Waals surface area (Å²) in [6, 6.07) is 2.57. The summed E-state index contributed by atoms with van der Waals surface area (Å²) >= 11 is 0. The molecule has 2 saturated heterocycles. The zero-order valence-corrected chi connectivity index (χ0v) is 11.7. The number of hydrogen-bond acceptors (Lipinski definition) is 2. The second kappa shape index (κ2) is 4.24. The topological polar surface area (TPSA) is 15.3 Å². The number of nitrogens with one attached hydrogen (secondary N) is 1. The van der Waals surface area contributed by atoms with Crippen molar-refractivity contribution in [2.24, 2.45) is 11.3 Å². The third-order valence-electron chi connectivity index (χ3n) is 5.91. The summed E-state index contributed by atoms with van der Waals surface area (Å²) in [5.41, 5.74) is 0.702. The van der Waals surface area contributed by atoms with Crippen LogP contribution in [-0.2, 0) is 0 Å². The maximum Gasteiger partial charge on any atom is 0.0114 e. The van der Waals surface area contributed by atoms with Gasteiger partial charge in [0.05, 0.1) is 0 Å². The van der Waals surface area contributed by atoms with Crippen molar-refractivity contribution in [3.63, 3.8) is 0 Å². The van der Waals surface area contributed by atoms with Crippen molar-refractivity contribution in [3.8, 4) is 0 Å². The minimum absolute atomic E-state index is 0.702. The highest BCUT2D eigenvalue weighted by atomic mass is 15.2. The van der Waals surface area contributed by atoms with Crippen LogP contribution < -0.4 is 5.32 Å². The van der Waals surface area contributed by atoms with Gasteiger partial charge in [-0.2, -0.15) is 0 Å². The van der Waals surface area contributed by atoms with Gasteiger partial charge in [0.25, 0.3) is 0 Å². The normalized spacial score (nSPS) is 39.9. The molecule has 0 aromatic carbocycles. The van der Waals surface area contributed by atoms with Crippen molar-refractivity contribution < 1.29 is 0 Å². The van der Waals surface area contributed by atoms with Crippen molar-refractivity contribution >= 4 is 0 Å². The van der Waals surface area contributed by atoms with E-state index in [0.717, 1.165) is 24.0 Å². The molecule has 17 heavy (non-hydrogen) atoms. The van der Waals surface area contributed by atoms with E-state index in [1.54, 1.807) is 0 Å². The van der Waals surface area contributed by atoms with E-state index in [-0.39, 0.29) is 0 Å². The van der Waals surface area contributed by atoms with Crippen LogP contribution in [0.15, 0.2) is 0 Å². The van der Waals surface area contributed by atoms with Gasteiger partial charge in [0.2, 0.25) is 0 Å². The average molecular weight is 236 g/mol. The third-order valence-corrected chi connectivity index (χ3v) is 5.91. The molecular formula is C15H28N2. The van der Waals surface area contributed by atoms with Crippen LogP contribution in [0, 0.1) is 11.3 Å². The Bertz CT molecular complexity index is 269.